The maximum Gasteiger partial charge on any atom is 0.415 e. The van der Waals surface area contributed by atoms with Gasteiger partial charge in [-0.3, -0.25) is 4.90 Å². The molecule has 0 saturated heterocycles. The Labute approximate surface area is 94.5 Å². The Kier molecular flexibility index (Phi) is 3.03. The lowest BCUT2D eigenvalue weighted by Crippen LogP contribution is -2.36. The number of ether oxygens (including phenoxy) is 1. The maximum absolute atomic E-state index is 11.5. The molecule has 0 bridgehead atoms. The van der Waals surface area contributed by atoms with Crippen molar-refractivity contribution in [2.75, 3.05) is 11.4 Å². The van der Waals surface area contributed by atoms with Gasteiger partial charge in [0.1, 0.15) is 18.2 Å². The van der Waals surface area contributed by atoms with Crippen molar-refractivity contribution >= 4 is 11.9 Å². The van der Waals surface area contributed by atoms with Crippen molar-refractivity contribution in [2.45, 2.75) is 33.3 Å². The fraction of sp³-hybridized carbons (Fsp3) is 0.545. The Hall–Kier alpha value is -1.65. The zero-order valence-corrected chi connectivity index (χ0v) is 9.56. The second-order valence-electron chi connectivity index (χ2n) is 3.68. The first kappa shape index (κ1) is 10.9. The average Bonchev–Trinajstić information content (AvgIpc) is 2.29. The quantitative estimate of drug-likeness (QED) is 0.782. The lowest BCUT2D eigenvalue weighted by atomic mass is 10.2. The Morgan fingerprint density at radius 2 is 2.31 bits per heavy atom. The molecule has 1 aromatic rings. The molecule has 1 aromatic heterocycles. The van der Waals surface area contributed by atoms with Gasteiger partial charge in [0.25, 0.3) is 0 Å². The molecule has 0 saturated carbocycles. The topological polar surface area (TPSA) is 55.3 Å². The molecule has 0 fully saturated rings. The highest BCUT2D eigenvalue weighted by atomic mass is 16.6. The van der Waals surface area contributed by atoms with E-state index in [0.29, 0.717) is 12.4 Å². The van der Waals surface area contributed by atoms with Gasteiger partial charge < -0.3 is 4.74 Å². The molecule has 1 aliphatic rings. The molecule has 0 aliphatic carbocycles. The fourth-order valence-electron chi connectivity index (χ4n) is 1.70. The molecule has 5 heteroatoms. The molecule has 1 amide bonds. The summed E-state index contributed by atoms with van der Waals surface area (Å²) >= 11 is 0. The highest BCUT2D eigenvalue weighted by Crippen LogP contribution is 2.24. The van der Waals surface area contributed by atoms with Crippen molar-refractivity contribution in [3.8, 4) is 0 Å². The normalized spacial score (nSPS) is 14.6. The monoisotopic (exact) mass is 221 g/mol. The van der Waals surface area contributed by atoms with Crippen molar-refractivity contribution in [1.82, 2.24) is 9.97 Å². The van der Waals surface area contributed by atoms with Crippen LogP contribution in [0.15, 0.2) is 6.20 Å². The van der Waals surface area contributed by atoms with E-state index in [1.807, 2.05) is 6.92 Å². The molecule has 2 rings (SSSR count). The number of hydrogen-bond acceptors (Lipinski definition) is 4. The predicted molar refractivity (Wildman–Crippen MR) is 59.2 cm³/mol. The number of aromatic nitrogens is 2. The lowest BCUT2D eigenvalue weighted by molar-refractivity contribution is 0.141. The smallest absolute Gasteiger partial charge is 0.415 e. The van der Waals surface area contributed by atoms with Gasteiger partial charge >= 0.3 is 6.09 Å². The highest BCUT2D eigenvalue weighted by molar-refractivity contribution is 5.88. The second-order valence-corrected chi connectivity index (χ2v) is 3.68. The summed E-state index contributed by atoms with van der Waals surface area (Å²) in [6.07, 6.45) is 3.26. The predicted octanol–water partition coefficient (Wildman–Crippen LogP) is 1.91. The number of carbonyl (C=O) groups is 1. The van der Waals surface area contributed by atoms with Crippen LogP contribution in [0.5, 0.6) is 0 Å². The minimum atomic E-state index is -0.323. The summed E-state index contributed by atoms with van der Waals surface area (Å²) in [6.45, 7) is 4.82. The van der Waals surface area contributed by atoms with E-state index in [1.54, 1.807) is 11.1 Å². The van der Waals surface area contributed by atoms with Gasteiger partial charge in [-0.1, -0.05) is 6.92 Å². The summed E-state index contributed by atoms with van der Waals surface area (Å²) in [4.78, 5) is 21.7. The van der Waals surface area contributed by atoms with Crippen LogP contribution in [-0.4, -0.2) is 22.6 Å². The van der Waals surface area contributed by atoms with Gasteiger partial charge in [-0.25, -0.2) is 14.8 Å². The fourth-order valence-corrected chi connectivity index (χ4v) is 1.70. The molecule has 0 aromatic carbocycles. The van der Waals surface area contributed by atoms with Gasteiger partial charge in [0.05, 0.1) is 5.56 Å². The van der Waals surface area contributed by atoms with E-state index in [2.05, 4.69) is 16.9 Å². The minimum absolute atomic E-state index is 0.275. The lowest BCUT2D eigenvalue weighted by Gasteiger charge is -2.26. The van der Waals surface area contributed by atoms with Gasteiger partial charge in [0, 0.05) is 19.2 Å². The first-order chi connectivity index (χ1) is 7.76. The van der Waals surface area contributed by atoms with E-state index < -0.39 is 0 Å². The van der Waals surface area contributed by atoms with Crippen LogP contribution in [0.1, 0.15) is 31.7 Å². The number of fused-ring (bicyclic) bond motifs is 1. The average molecular weight is 221 g/mol. The summed E-state index contributed by atoms with van der Waals surface area (Å²) in [7, 11) is 0. The summed E-state index contributed by atoms with van der Waals surface area (Å²) in [5.74, 6) is 1.49. The molecule has 0 unspecified atom stereocenters. The van der Waals surface area contributed by atoms with Crippen molar-refractivity contribution in [3.63, 3.8) is 0 Å². The van der Waals surface area contributed by atoms with E-state index in [-0.39, 0.29) is 12.7 Å². The Morgan fingerprint density at radius 3 is 3.00 bits per heavy atom. The summed E-state index contributed by atoms with van der Waals surface area (Å²) < 4.78 is 5.01. The third-order valence-electron chi connectivity index (χ3n) is 2.51. The van der Waals surface area contributed by atoms with E-state index >= 15 is 0 Å². The van der Waals surface area contributed by atoms with E-state index in [0.717, 1.165) is 24.2 Å². The zero-order valence-electron chi connectivity index (χ0n) is 9.56. The SMILES string of the molecule is CCCc1ncc2c(n1)N(CC)C(=O)OC2. The van der Waals surface area contributed by atoms with Crippen molar-refractivity contribution in [3.05, 3.63) is 17.6 Å². The van der Waals surface area contributed by atoms with Crippen LogP contribution >= 0.6 is 0 Å². The van der Waals surface area contributed by atoms with Crippen LogP contribution in [0.2, 0.25) is 0 Å². The number of nitrogens with zero attached hydrogens (tertiary/aromatic N) is 3. The number of cyclic esters (lactones) is 1. The van der Waals surface area contributed by atoms with Crippen LogP contribution in [0, 0.1) is 0 Å². The Bertz CT molecular complexity index is 406. The molecule has 0 spiro atoms. The minimum Gasteiger partial charge on any atom is -0.444 e. The zero-order chi connectivity index (χ0) is 11.5. The van der Waals surface area contributed by atoms with Crippen molar-refractivity contribution in [1.29, 1.82) is 0 Å². The van der Waals surface area contributed by atoms with Crippen LogP contribution < -0.4 is 4.90 Å². The first-order valence-electron chi connectivity index (χ1n) is 5.55. The summed E-state index contributed by atoms with van der Waals surface area (Å²) in [6, 6.07) is 0. The second kappa shape index (κ2) is 4.47. The van der Waals surface area contributed by atoms with Gasteiger partial charge in [-0.15, -0.1) is 0 Å². The summed E-state index contributed by atoms with van der Waals surface area (Å²) in [5.41, 5.74) is 0.876. The molecule has 1 aliphatic heterocycles. The van der Waals surface area contributed by atoms with Crippen LogP contribution in [0.3, 0.4) is 0 Å². The van der Waals surface area contributed by atoms with Crippen molar-refractivity contribution in [2.24, 2.45) is 0 Å². The van der Waals surface area contributed by atoms with Gasteiger partial charge in [0.15, 0.2) is 0 Å². The molecule has 0 N–H and O–H groups in total. The number of hydrogen-bond donors (Lipinski definition) is 0. The standard InChI is InChI=1S/C11H15N3O2/c1-3-5-9-12-6-8-7-16-11(15)14(4-2)10(8)13-9/h6H,3-5,7H2,1-2H3. The highest BCUT2D eigenvalue weighted by Gasteiger charge is 2.26. The molecule has 2 heterocycles. The molecule has 5 nitrogen and oxygen atoms in total. The van der Waals surface area contributed by atoms with Gasteiger partial charge in [0.2, 0.25) is 0 Å². The number of rotatable bonds is 3. The number of carbonyl (C=O) groups excluding carboxylic acids is 1. The van der Waals surface area contributed by atoms with Crippen LogP contribution in [-0.2, 0) is 17.8 Å². The number of aryl methyl sites for hydroxylation is 1. The number of anilines is 1. The van der Waals surface area contributed by atoms with Crippen LogP contribution in [0.25, 0.3) is 0 Å². The van der Waals surface area contributed by atoms with E-state index in [9.17, 15) is 4.79 Å². The molecular weight excluding hydrogens is 206 g/mol. The largest absolute Gasteiger partial charge is 0.444 e. The maximum atomic E-state index is 11.5. The third-order valence-corrected chi connectivity index (χ3v) is 2.51. The Balaban J connectivity index is 2.37. The van der Waals surface area contributed by atoms with E-state index in [1.165, 1.54) is 0 Å². The third kappa shape index (κ3) is 1.85. The number of amides is 1. The molecular formula is C11H15N3O2. The molecule has 86 valence electrons. The Morgan fingerprint density at radius 1 is 1.50 bits per heavy atom. The molecule has 0 radical (unpaired) electrons. The first-order valence-corrected chi connectivity index (χ1v) is 5.55. The van der Waals surface area contributed by atoms with Gasteiger partial charge in [-0.05, 0) is 13.3 Å². The van der Waals surface area contributed by atoms with E-state index in [4.69, 9.17) is 4.74 Å². The summed E-state index contributed by atoms with van der Waals surface area (Å²) in [5, 5.41) is 0. The molecule has 16 heavy (non-hydrogen) atoms. The van der Waals surface area contributed by atoms with Crippen LogP contribution in [0.4, 0.5) is 10.6 Å². The van der Waals surface area contributed by atoms with Crippen molar-refractivity contribution < 1.29 is 9.53 Å². The van der Waals surface area contributed by atoms with Gasteiger partial charge in [-0.2, -0.15) is 0 Å². The molecule has 0 atom stereocenters.